The minimum absolute atomic E-state index is 0.264. The van der Waals surface area contributed by atoms with E-state index in [4.69, 9.17) is 0 Å². The quantitative estimate of drug-likeness (QED) is 0.511. The smallest absolute Gasteiger partial charge is 0.358 e. The van der Waals surface area contributed by atoms with E-state index in [-0.39, 0.29) is 5.69 Å². The molecule has 0 radical (unpaired) electrons. The van der Waals surface area contributed by atoms with Gasteiger partial charge in [0.05, 0.1) is 12.8 Å². The average Bonchev–Trinajstić information content (AvgIpc) is 2.20. The third-order valence-corrected chi connectivity index (χ3v) is 2.80. The summed E-state index contributed by atoms with van der Waals surface area (Å²) < 4.78 is 5.24. The summed E-state index contributed by atoms with van der Waals surface area (Å²) in [5.41, 5.74) is 1.84. The van der Waals surface area contributed by atoms with Crippen molar-refractivity contribution in [2.45, 2.75) is 6.92 Å². The van der Waals surface area contributed by atoms with E-state index in [0.717, 1.165) is 5.56 Å². The molecule has 14 heavy (non-hydrogen) atoms. The highest BCUT2D eigenvalue weighted by atomic mass is 79.9. The molecule has 1 unspecified atom stereocenters. The van der Waals surface area contributed by atoms with Crippen molar-refractivity contribution >= 4 is 37.0 Å². The van der Waals surface area contributed by atoms with Gasteiger partial charge in [0.25, 0.3) is 0 Å². The second-order valence-corrected chi connectivity index (χ2v) is 3.67. The summed E-state index contributed by atoms with van der Waals surface area (Å²) in [6.07, 6.45) is 0. The third kappa shape index (κ3) is 2.22. The summed E-state index contributed by atoms with van der Waals surface area (Å²) in [6.45, 7) is 1.89. The lowest BCUT2D eigenvalue weighted by Gasteiger charge is -2.08. The molecule has 0 amide bonds. The molecule has 0 bridgehead atoms. The van der Waals surface area contributed by atoms with Gasteiger partial charge in [0.1, 0.15) is 4.60 Å². The number of nitrogens with one attached hydrogen (secondary N) is 1. The van der Waals surface area contributed by atoms with Crippen LogP contribution in [0.2, 0.25) is 0 Å². The van der Waals surface area contributed by atoms with E-state index < -0.39 is 5.97 Å². The summed E-state index contributed by atoms with van der Waals surface area (Å²) in [6, 6.07) is 1.82. The molecular weight excluding hydrogens is 267 g/mol. The Morgan fingerprint density at radius 2 is 2.36 bits per heavy atom. The van der Waals surface area contributed by atoms with Crippen LogP contribution in [0.1, 0.15) is 16.1 Å². The Labute approximate surface area is 92.8 Å². The van der Waals surface area contributed by atoms with Crippen molar-refractivity contribution in [1.82, 2.24) is 4.98 Å². The molecule has 0 aromatic carbocycles. The topological polar surface area (TPSA) is 51.2 Å². The van der Waals surface area contributed by atoms with Crippen LogP contribution in [-0.2, 0) is 4.74 Å². The number of aryl methyl sites for hydroxylation is 1. The number of methoxy groups -OCH3 is 1. The first-order chi connectivity index (χ1) is 6.60. The van der Waals surface area contributed by atoms with Crippen LogP contribution in [0.3, 0.4) is 0 Å². The maximum Gasteiger partial charge on any atom is 0.358 e. The number of hydrogen-bond donors (Lipinski definition) is 1. The van der Waals surface area contributed by atoms with Gasteiger partial charge in [0.2, 0.25) is 0 Å². The molecule has 0 aliphatic heterocycles. The normalized spacial score (nSPS) is 9.71. The van der Waals surface area contributed by atoms with E-state index in [1.54, 1.807) is 0 Å². The molecular formula is C8H10BrN2O2P. The van der Waals surface area contributed by atoms with Gasteiger partial charge in [-0.25, -0.2) is 9.78 Å². The highest BCUT2D eigenvalue weighted by molar-refractivity contribution is 9.10. The lowest BCUT2D eigenvalue weighted by atomic mass is 10.2. The Morgan fingerprint density at radius 3 is 2.86 bits per heavy atom. The van der Waals surface area contributed by atoms with Gasteiger partial charge in [-0.05, 0) is 43.9 Å². The van der Waals surface area contributed by atoms with Gasteiger partial charge in [-0.2, -0.15) is 0 Å². The summed E-state index contributed by atoms with van der Waals surface area (Å²) in [5, 5.41) is 2.81. The predicted molar refractivity (Wildman–Crippen MR) is 61.3 cm³/mol. The Morgan fingerprint density at radius 1 is 1.71 bits per heavy atom. The number of esters is 1. The fourth-order valence-corrected chi connectivity index (χ4v) is 1.47. The number of ether oxygens (including phenoxy) is 1. The molecule has 1 aromatic rings. The zero-order valence-corrected chi connectivity index (χ0v) is 10.5. The molecule has 4 nitrogen and oxygen atoms in total. The highest BCUT2D eigenvalue weighted by Gasteiger charge is 2.14. The van der Waals surface area contributed by atoms with Crippen LogP contribution in [0, 0.1) is 6.92 Å². The number of carbonyl (C=O) groups is 1. The van der Waals surface area contributed by atoms with Crippen molar-refractivity contribution in [2.75, 3.05) is 12.2 Å². The average molecular weight is 277 g/mol. The van der Waals surface area contributed by atoms with Gasteiger partial charge in [0.15, 0.2) is 5.69 Å². The van der Waals surface area contributed by atoms with Crippen molar-refractivity contribution < 1.29 is 9.53 Å². The van der Waals surface area contributed by atoms with Crippen LogP contribution < -0.4 is 5.09 Å². The molecule has 0 aliphatic rings. The van der Waals surface area contributed by atoms with Crippen LogP contribution in [-0.4, -0.2) is 18.1 Å². The van der Waals surface area contributed by atoms with Crippen LogP contribution in [0.25, 0.3) is 0 Å². The molecule has 6 heteroatoms. The van der Waals surface area contributed by atoms with Crippen molar-refractivity contribution in [3.05, 3.63) is 21.9 Å². The maximum absolute atomic E-state index is 11.3. The molecule has 1 heterocycles. The largest absolute Gasteiger partial charge is 0.464 e. The van der Waals surface area contributed by atoms with E-state index in [1.807, 2.05) is 13.0 Å². The van der Waals surface area contributed by atoms with Gasteiger partial charge in [-0.1, -0.05) is 0 Å². The number of pyridine rings is 1. The highest BCUT2D eigenvalue weighted by Crippen LogP contribution is 2.23. The van der Waals surface area contributed by atoms with E-state index in [9.17, 15) is 4.79 Å². The fraction of sp³-hybridized carbons (Fsp3) is 0.250. The fourth-order valence-electron chi connectivity index (χ4n) is 0.953. The van der Waals surface area contributed by atoms with Crippen molar-refractivity contribution in [1.29, 1.82) is 0 Å². The Balaban J connectivity index is 3.27. The number of carbonyl (C=O) groups excluding carboxylic acids is 1. The summed E-state index contributed by atoms with van der Waals surface area (Å²) in [5.74, 6) is -0.462. The van der Waals surface area contributed by atoms with Crippen LogP contribution in [0.4, 0.5) is 5.69 Å². The van der Waals surface area contributed by atoms with Crippen molar-refractivity contribution in [3.8, 4) is 0 Å². The molecule has 1 N–H and O–H groups in total. The first kappa shape index (κ1) is 11.4. The molecule has 1 atom stereocenters. The van der Waals surface area contributed by atoms with Gasteiger partial charge >= 0.3 is 5.97 Å². The van der Waals surface area contributed by atoms with Gasteiger partial charge < -0.3 is 9.82 Å². The third-order valence-electron chi connectivity index (χ3n) is 1.69. The van der Waals surface area contributed by atoms with E-state index in [1.165, 1.54) is 7.11 Å². The minimum Gasteiger partial charge on any atom is -0.464 e. The number of nitrogens with zero attached hydrogens (tertiary/aromatic N) is 1. The van der Waals surface area contributed by atoms with Crippen LogP contribution >= 0.6 is 25.3 Å². The standard InChI is InChI=1S/C8H10BrN2O2P/c1-4-3-5(11-14)6(8(12)13-2)10-7(4)9/h3,11H,14H2,1-2H3. The molecule has 1 rings (SSSR count). The summed E-state index contributed by atoms with van der Waals surface area (Å²) in [4.78, 5) is 15.4. The van der Waals surface area contributed by atoms with Gasteiger partial charge in [-0.3, -0.25) is 0 Å². The Kier molecular flexibility index (Phi) is 3.84. The first-order valence-corrected chi connectivity index (χ1v) is 5.19. The van der Waals surface area contributed by atoms with Crippen molar-refractivity contribution in [3.63, 3.8) is 0 Å². The minimum atomic E-state index is -0.462. The molecule has 0 saturated heterocycles. The Bertz CT molecular complexity index is 371. The molecule has 0 aliphatic carbocycles. The second-order valence-electron chi connectivity index (χ2n) is 2.63. The Hall–Kier alpha value is -0.670. The van der Waals surface area contributed by atoms with Crippen LogP contribution in [0.15, 0.2) is 10.7 Å². The van der Waals surface area contributed by atoms with Gasteiger partial charge in [0, 0.05) is 0 Å². The van der Waals surface area contributed by atoms with E-state index >= 15 is 0 Å². The summed E-state index contributed by atoms with van der Waals surface area (Å²) >= 11 is 3.25. The molecule has 0 spiro atoms. The first-order valence-electron chi connectivity index (χ1n) is 3.82. The number of hydrogen-bond acceptors (Lipinski definition) is 4. The molecule has 1 aromatic heterocycles. The SMILES string of the molecule is COC(=O)c1nc(Br)c(C)cc1NP. The monoisotopic (exact) mass is 276 g/mol. The number of aromatic nitrogens is 1. The predicted octanol–water partition coefficient (Wildman–Crippen LogP) is 2.14. The van der Waals surface area contributed by atoms with Crippen LogP contribution in [0.5, 0.6) is 0 Å². The van der Waals surface area contributed by atoms with Crippen molar-refractivity contribution in [2.24, 2.45) is 0 Å². The zero-order valence-electron chi connectivity index (χ0n) is 7.80. The lowest BCUT2D eigenvalue weighted by molar-refractivity contribution is 0.0595. The van der Waals surface area contributed by atoms with E-state index in [0.29, 0.717) is 10.3 Å². The second kappa shape index (κ2) is 4.71. The number of rotatable bonds is 2. The van der Waals surface area contributed by atoms with Gasteiger partial charge in [-0.15, -0.1) is 0 Å². The number of anilines is 1. The lowest BCUT2D eigenvalue weighted by Crippen LogP contribution is -2.07. The summed E-state index contributed by atoms with van der Waals surface area (Å²) in [7, 11) is 3.64. The van der Waals surface area contributed by atoms with E-state index in [2.05, 4.69) is 40.1 Å². The number of halogens is 1. The molecule has 76 valence electrons. The maximum atomic E-state index is 11.3. The molecule has 0 saturated carbocycles. The molecule has 0 fully saturated rings. The zero-order chi connectivity index (χ0) is 10.7.